The zero-order valence-corrected chi connectivity index (χ0v) is 12.3. The Kier molecular flexibility index (Phi) is 4.41. The van der Waals surface area contributed by atoms with Crippen LogP contribution in [0.25, 0.3) is 28.2 Å². The van der Waals surface area contributed by atoms with E-state index in [1.165, 1.54) is 11.1 Å². The first-order valence-electron chi connectivity index (χ1n) is 7.01. The van der Waals surface area contributed by atoms with Crippen molar-refractivity contribution in [3.8, 4) is 11.1 Å². The summed E-state index contributed by atoms with van der Waals surface area (Å²) < 4.78 is 5.84. The van der Waals surface area contributed by atoms with E-state index < -0.39 is 0 Å². The average molecular weight is 264 g/mol. The van der Waals surface area contributed by atoms with Crippen molar-refractivity contribution in [2.24, 2.45) is 0 Å². The summed E-state index contributed by atoms with van der Waals surface area (Å²) in [4.78, 5) is 0. The van der Waals surface area contributed by atoms with Gasteiger partial charge in [-0.1, -0.05) is 62.9 Å². The van der Waals surface area contributed by atoms with Crippen molar-refractivity contribution in [3.05, 3.63) is 66.4 Å². The molecule has 0 aliphatic rings. The summed E-state index contributed by atoms with van der Waals surface area (Å²) in [5.41, 5.74) is 4.49. The van der Waals surface area contributed by atoms with Crippen LogP contribution in [0.1, 0.15) is 25.2 Å². The monoisotopic (exact) mass is 264 g/mol. The molecule has 0 unspecified atom stereocenters. The Hall–Kier alpha value is -2.28. The first kappa shape index (κ1) is 14.1. The molecule has 20 heavy (non-hydrogen) atoms. The van der Waals surface area contributed by atoms with Gasteiger partial charge in [-0.2, -0.15) is 0 Å². The standard InChI is InChI=1S/C17H14O.C2H6/c1-3-15-17(13-9-5-4-8-12(13)2)14-10-6-7-11-16(14)18-15;1-2/h3-11H,1H2,2H3;1-2H3. The van der Waals surface area contributed by atoms with E-state index in [0.717, 1.165) is 22.3 Å². The number of furan rings is 1. The zero-order chi connectivity index (χ0) is 14.5. The molecule has 0 saturated heterocycles. The number of aryl methyl sites for hydroxylation is 1. The van der Waals surface area contributed by atoms with Crippen LogP contribution in [0.15, 0.2) is 59.5 Å². The number of fused-ring (bicyclic) bond motifs is 1. The summed E-state index contributed by atoms with van der Waals surface area (Å²) in [6.07, 6.45) is 1.78. The maximum absolute atomic E-state index is 5.84. The van der Waals surface area contributed by atoms with Crippen LogP contribution in [0.4, 0.5) is 0 Å². The predicted octanol–water partition coefficient (Wildman–Crippen LogP) is 6.08. The second kappa shape index (κ2) is 6.25. The van der Waals surface area contributed by atoms with Crippen LogP contribution in [0.2, 0.25) is 0 Å². The third-order valence-corrected chi connectivity index (χ3v) is 3.22. The van der Waals surface area contributed by atoms with E-state index in [2.05, 4.69) is 43.8 Å². The maximum Gasteiger partial charge on any atom is 0.135 e. The van der Waals surface area contributed by atoms with Crippen LogP contribution in [-0.4, -0.2) is 0 Å². The molecule has 0 fully saturated rings. The van der Waals surface area contributed by atoms with Crippen LogP contribution in [0.3, 0.4) is 0 Å². The van der Waals surface area contributed by atoms with Crippen molar-refractivity contribution < 1.29 is 4.42 Å². The van der Waals surface area contributed by atoms with Gasteiger partial charge in [0.05, 0.1) is 0 Å². The molecular formula is C19H20O. The van der Waals surface area contributed by atoms with Gasteiger partial charge in [0, 0.05) is 10.9 Å². The highest BCUT2D eigenvalue weighted by molar-refractivity contribution is 5.98. The van der Waals surface area contributed by atoms with Gasteiger partial charge >= 0.3 is 0 Å². The Morgan fingerprint density at radius 2 is 1.60 bits per heavy atom. The van der Waals surface area contributed by atoms with Crippen LogP contribution in [0.5, 0.6) is 0 Å². The molecular weight excluding hydrogens is 244 g/mol. The third-order valence-electron chi connectivity index (χ3n) is 3.22. The molecule has 0 aliphatic heterocycles. The summed E-state index contributed by atoms with van der Waals surface area (Å²) in [6, 6.07) is 16.4. The van der Waals surface area contributed by atoms with Crippen molar-refractivity contribution in [2.45, 2.75) is 20.8 Å². The largest absolute Gasteiger partial charge is 0.456 e. The van der Waals surface area contributed by atoms with Crippen LogP contribution in [0, 0.1) is 6.92 Å². The van der Waals surface area contributed by atoms with Crippen molar-refractivity contribution in [1.82, 2.24) is 0 Å². The first-order valence-corrected chi connectivity index (χ1v) is 7.01. The molecule has 3 rings (SSSR count). The molecule has 0 atom stereocenters. The summed E-state index contributed by atoms with van der Waals surface area (Å²) in [6.45, 7) is 9.96. The van der Waals surface area contributed by atoms with Gasteiger partial charge in [0.25, 0.3) is 0 Å². The van der Waals surface area contributed by atoms with Crippen molar-refractivity contribution in [2.75, 3.05) is 0 Å². The van der Waals surface area contributed by atoms with E-state index in [0.29, 0.717) is 0 Å². The van der Waals surface area contributed by atoms with Crippen molar-refractivity contribution in [3.63, 3.8) is 0 Å². The SMILES string of the molecule is C=Cc1oc2ccccc2c1-c1ccccc1C.CC. The smallest absolute Gasteiger partial charge is 0.135 e. The Morgan fingerprint density at radius 3 is 2.30 bits per heavy atom. The van der Waals surface area contributed by atoms with Gasteiger partial charge in [-0.3, -0.25) is 0 Å². The van der Waals surface area contributed by atoms with Crippen molar-refractivity contribution in [1.29, 1.82) is 0 Å². The molecule has 0 bridgehead atoms. The molecule has 1 heteroatoms. The Balaban J connectivity index is 0.000000704. The highest BCUT2D eigenvalue weighted by atomic mass is 16.3. The molecule has 2 aromatic carbocycles. The Morgan fingerprint density at radius 1 is 0.950 bits per heavy atom. The van der Waals surface area contributed by atoms with Gasteiger partial charge in [-0.25, -0.2) is 0 Å². The molecule has 0 amide bonds. The fourth-order valence-corrected chi connectivity index (χ4v) is 2.34. The topological polar surface area (TPSA) is 13.1 Å². The number of hydrogen-bond donors (Lipinski definition) is 0. The number of hydrogen-bond acceptors (Lipinski definition) is 1. The minimum absolute atomic E-state index is 0.838. The van der Waals surface area contributed by atoms with Crippen LogP contribution in [-0.2, 0) is 0 Å². The molecule has 102 valence electrons. The molecule has 0 saturated carbocycles. The lowest BCUT2D eigenvalue weighted by Gasteiger charge is -2.04. The van der Waals surface area contributed by atoms with E-state index >= 15 is 0 Å². The molecule has 1 heterocycles. The van der Waals surface area contributed by atoms with E-state index in [1.807, 2.05) is 32.0 Å². The number of rotatable bonds is 2. The average Bonchev–Trinajstić information content (AvgIpc) is 2.88. The Labute approximate surface area is 120 Å². The molecule has 3 aromatic rings. The zero-order valence-electron chi connectivity index (χ0n) is 12.3. The van der Waals surface area contributed by atoms with E-state index in [-0.39, 0.29) is 0 Å². The van der Waals surface area contributed by atoms with Gasteiger partial charge < -0.3 is 4.42 Å². The molecule has 1 aromatic heterocycles. The highest BCUT2D eigenvalue weighted by Crippen LogP contribution is 2.36. The minimum atomic E-state index is 0.838. The fraction of sp³-hybridized carbons (Fsp3) is 0.158. The van der Waals surface area contributed by atoms with Gasteiger partial charge in [0.15, 0.2) is 0 Å². The highest BCUT2D eigenvalue weighted by Gasteiger charge is 2.14. The van der Waals surface area contributed by atoms with Crippen molar-refractivity contribution >= 4 is 17.0 Å². The van der Waals surface area contributed by atoms with Crippen LogP contribution < -0.4 is 0 Å². The second-order valence-electron chi connectivity index (χ2n) is 4.36. The van der Waals surface area contributed by atoms with Gasteiger partial charge in [-0.05, 0) is 30.2 Å². The molecule has 0 radical (unpaired) electrons. The summed E-state index contributed by atoms with van der Waals surface area (Å²) in [7, 11) is 0. The lowest BCUT2D eigenvalue weighted by Crippen LogP contribution is -1.83. The maximum atomic E-state index is 5.84. The van der Waals surface area contributed by atoms with Gasteiger partial charge in [0.1, 0.15) is 11.3 Å². The molecule has 0 aliphatic carbocycles. The lowest BCUT2D eigenvalue weighted by molar-refractivity contribution is 0.605. The first-order chi connectivity index (χ1) is 9.81. The van der Waals surface area contributed by atoms with Crippen LogP contribution >= 0.6 is 0 Å². The second-order valence-corrected chi connectivity index (χ2v) is 4.36. The summed E-state index contributed by atoms with van der Waals surface area (Å²) in [5.74, 6) is 0.838. The van der Waals surface area contributed by atoms with Gasteiger partial charge in [-0.15, -0.1) is 0 Å². The number of benzene rings is 2. The third kappa shape index (κ3) is 2.39. The normalized spacial score (nSPS) is 9.95. The summed E-state index contributed by atoms with van der Waals surface area (Å²) >= 11 is 0. The van der Waals surface area contributed by atoms with E-state index in [9.17, 15) is 0 Å². The minimum Gasteiger partial charge on any atom is -0.456 e. The molecule has 0 N–H and O–H groups in total. The Bertz CT molecular complexity index is 719. The quantitative estimate of drug-likeness (QED) is 0.547. The van der Waals surface area contributed by atoms with E-state index in [1.54, 1.807) is 6.08 Å². The number of para-hydroxylation sites is 1. The van der Waals surface area contributed by atoms with E-state index in [4.69, 9.17) is 4.42 Å². The fourth-order valence-electron chi connectivity index (χ4n) is 2.34. The van der Waals surface area contributed by atoms with Gasteiger partial charge in [0.2, 0.25) is 0 Å². The molecule has 0 spiro atoms. The molecule has 1 nitrogen and oxygen atoms in total. The predicted molar refractivity (Wildman–Crippen MR) is 87.8 cm³/mol. The lowest BCUT2D eigenvalue weighted by atomic mass is 9.98. The summed E-state index contributed by atoms with van der Waals surface area (Å²) in [5, 5.41) is 1.14.